The Balaban J connectivity index is 2.73. The number of benzene rings is 1. The highest BCUT2D eigenvalue weighted by atomic mass is 127. The van der Waals surface area contributed by atoms with Crippen LogP contribution in [0.3, 0.4) is 0 Å². The van der Waals surface area contributed by atoms with Crippen LogP contribution in [-0.4, -0.2) is 33.8 Å². The Hall–Kier alpha value is 1.08. The fraction of sp³-hybridized carbons (Fsp3) is 0. The number of hydrogen-bond donors (Lipinski definition) is 0. The summed E-state index contributed by atoms with van der Waals surface area (Å²) < 4.78 is 2.28. The molecule has 0 amide bonds. The second kappa shape index (κ2) is 5.42. The quantitative estimate of drug-likeness (QED) is 0.519. The summed E-state index contributed by atoms with van der Waals surface area (Å²) in [5.74, 6) is 0. The third-order valence-electron chi connectivity index (χ3n) is 1.85. The maximum Gasteiger partial charge on any atom is 0.419 e. The first-order chi connectivity index (χ1) is 6.85. The summed E-state index contributed by atoms with van der Waals surface area (Å²) in [5.41, 5.74) is 1.10. The predicted molar refractivity (Wildman–Crippen MR) is 78.4 cm³/mol. The molecule has 0 fully saturated rings. The van der Waals surface area contributed by atoms with Crippen LogP contribution in [0.2, 0.25) is 0 Å². The summed E-state index contributed by atoms with van der Waals surface area (Å²) in [5, 5.41) is 1.23. The zero-order valence-electron chi connectivity index (χ0n) is 7.11. The van der Waals surface area contributed by atoms with E-state index in [0.29, 0.717) is 0 Å². The van der Waals surface area contributed by atoms with Gasteiger partial charge >= 0.3 is 23.9 Å². The number of aromatic nitrogens is 2. The van der Waals surface area contributed by atoms with E-state index in [-0.39, 0.29) is 23.9 Å². The van der Waals surface area contributed by atoms with Crippen molar-refractivity contribution in [2.75, 3.05) is 0 Å². The van der Waals surface area contributed by atoms with Crippen molar-refractivity contribution < 1.29 is 0 Å². The van der Waals surface area contributed by atoms with Crippen LogP contribution in [-0.2, 0) is 0 Å². The summed E-state index contributed by atoms with van der Waals surface area (Å²) in [6.07, 6.45) is 0. The highest BCUT2D eigenvalue weighted by Gasteiger charge is 2.06. The van der Waals surface area contributed by atoms with Gasteiger partial charge in [0.05, 0.1) is 5.52 Å². The first-order valence-electron chi connectivity index (χ1n) is 3.99. The summed E-state index contributed by atoms with van der Waals surface area (Å²) in [7, 11) is 0. The number of para-hydroxylation sites is 1. The minimum Gasteiger partial charge on any atom is -0.276 e. The van der Waals surface area contributed by atoms with E-state index in [2.05, 4.69) is 68.7 Å². The fourth-order valence-electron chi connectivity index (χ4n) is 1.25. The van der Waals surface area contributed by atoms with Crippen LogP contribution < -0.4 is 9.24 Å². The zero-order chi connectivity index (χ0) is 9.97. The molecule has 0 N–H and O–H groups in total. The molecule has 2 aromatic rings. The molecule has 6 heteroatoms. The number of halogens is 2. The third-order valence-corrected chi connectivity index (χ3v) is 6.39. The Kier molecular flexibility index (Phi) is 4.48. The first-order valence-corrected chi connectivity index (χ1v) is 13.5. The van der Waals surface area contributed by atoms with Gasteiger partial charge in [-0.15, -0.1) is 0 Å². The number of rotatable bonds is 2. The maximum absolute atomic E-state index is 4.59. The van der Waals surface area contributed by atoms with E-state index < -0.39 is 0 Å². The van der Waals surface area contributed by atoms with Gasteiger partial charge in [-0.1, -0.05) is 18.2 Å². The molecule has 0 aliphatic heterocycles. The van der Waals surface area contributed by atoms with Crippen LogP contribution in [0.5, 0.6) is 0 Å². The van der Waals surface area contributed by atoms with Gasteiger partial charge in [0.1, 0.15) is 0 Å². The van der Waals surface area contributed by atoms with Gasteiger partial charge in [0, 0.05) is 10.1 Å². The van der Waals surface area contributed by atoms with Gasteiger partial charge in [-0.3, -0.25) is 9.97 Å². The van der Waals surface area contributed by atoms with Crippen LogP contribution in [0.25, 0.3) is 10.9 Å². The van der Waals surface area contributed by atoms with E-state index in [4.69, 9.17) is 0 Å². The van der Waals surface area contributed by atoms with Gasteiger partial charge in [-0.05, 0) is 10.6 Å². The molecule has 1 heterocycles. The van der Waals surface area contributed by atoms with Gasteiger partial charge in [-0.2, -0.15) is 0 Å². The number of nitrogens with zero attached hydrogens (tertiary/aromatic N) is 2. The van der Waals surface area contributed by atoms with Crippen LogP contribution in [0.15, 0.2) is 24.3 Å². The summed E-state index contributed by atoms with van der Waals surface area (Å²) in [6.45, 7) is 0. The van der Waals surface area contributed by atoms with Crippen LogP contribution in [0.1, 0.15) is 0 Å². The van der Waals surface area contributed by atoms with Gasteiger partial charge in [0.25, 0.3) is 0 Å². The minimum atomic E-state index is 0.190. The third kappa shape index (κ3) is 2.42. The molecular formula is C8H4Al2I2N2. The molecule has 0 unspecified atom stereocenters. The van der Waals surface area contributed by atoms with Crippen molar-refractivity contribution >= 4 is 84.6 Å². The average molecular weight is 436 g/mol. The van der Waals surface area contributed by atoms with Gasteiger partial charge in [-0.25, -0.2) is 40.5 Å². The van der Waals surface area contributed by atoms with E-state index in [1.54, 1.807) is 0 Å². The topological polar surface area (TPSA) is 25.8 Å². The number of hydrogen-bond acceptors (Lipinski definition) is 2. The van der Waals surface area contributed by atoms with Crippen molar-refractivity contribution in [2.45, 2.75) is 0 Å². The van der Waals surface area contributed by atoms with Crippen molar-refractivity contribution in [1.29, 1.82) is 0 Å². The normalized spacial score (nSPS) is 10.1. The summed E-state index contributed by atoms with van der Waals surface area (Å²) >= 11 is 5.25. The highest BCUT2D eigenvalue weighted by Crippen LogP contribution is 2.05. The molecule has 1 aromatic carbocycles. The summed E-state index contributed by atoms with van der Waals surface area (Å²) in [4.78, 5) is 9.12. The van der Waals surface area contributed by atoms with Gasteiger partial charge in [0.2, 0.25) is 0 Å². The zero-order valence-corrected chi connectivity index (χ0v) is 13.7. The molecule has 0 atom stereocenters. The van der Waals surface area contributed by atoms with Crippen molar-refractivity contribution in [3.8, 4) is 0 Å². The Morgan fingerprint density at radius 3 is 2.50 bits per heavy atom. The lowest BCUT2D eigenvalue weighted by Gasteiger charge is -2.04. The average Bonchev–Trinajstić information content (AvgIpc) is 2.27. The van der Waals surface area contributed by atoms with Gasteiger partial charge < -0.3 is 0 Å². The molecule has 2 radical (unpaired) electrons. The largest absolute Gasteiger partial charge is 0.419 e. The Labute approximate surface area is 117 Å². The Morgan fingerprint density at radius 1 is 1.00 bits per heavy atom. The van der Waals surface area contributed by atoms with Crippen LogP contribution >= 0.6 is 40.5 Å². The molecule has 66 valence electrons. The van der Waals surface area contributed by atoms with E-state index >= 15 is 0 Å². The molecule has 0 spiro atoms. The molecule has 2 nitrogen and oxygen atoms in total. The lowest BCUT2D eigenvalue weighted by atomic mass is 10.2. The lowest BCUT2D eigenvalue weighted by molar-refractivity contribution is 1.33. The molecule has 14 heavy (non-hydrogen) atoms. The lowest BCUT2D eigenvalue weighted by Crippen LogP contribution is -2.29. The standard InChI is InChI=1S/C8H4N2.2Al.2HI/c1-2-4-8-7(3-1)5-9-6-10-8;;;;/h1-4H;;;2*1H/q;2*+1;;/p-2. The maximum atomic E-state index is 4.59. The van der Waals surface area contributed by atoms with Crippen LogP contribution in [0, 0.1) is 0 Å². The van der Waals surface area contributed by atoms with Gasteiger partial charge in [0.15, 0.2) is 0 Å². The van der Waals surface area contributed by atoms with Crippen molar-refractivity contribution in [3.05, 3.63) is 24.3 Å². The molecule has 0 aliphatic carbocycles. The molecule has 0 saturated carbocycles. The van der Waals surface area contributed by atoms with Crippen molar-refractivity contribution in [2.24, 2.45) is 0 Å². The van der Waals surface area contributed by atoms with E-state index in [1.807, 2.05) is 6.07 Å². The van der Waals surface area contributed by atoms with E-state index in [1.165, 1.54) is 9.94 Å². The molecule has 0 aliphatic rings. The summed E-state index contributed by atoms with van der Waals surface area (Å²) in [6, 6.07) is 8.27. The fourth-order valence-corrected chi connectivity index (χ4v) is 4.58. The molecule has 0 saturated heterocycles. The predicted octanol–water partition coefficient (Wildman–Crippen LogP) is 0.989. The minimum absolute atomic E-state index is 0.190. The second-order valence-corrected chi connectivity index (χ2v) is 7.94. The van der Waals surface area contributed by atoms with E-state index in [0.717, 1.165) is 10.2 Å². The molecule has 0 bridgehead atoms. The SMILES string of the molecule is [I][Al][c]1n[c]([Al][I])c2ccccc2n1. The smallest absolute Gasteiger partial charge is 0.276 e. The highest BCUT2D eigenvalue weighted by molar-refractivity contribution is 14.1. The van der Waals surface area contributed by atoms with Crippen molar-refractivity contribution in [3.63, 3.8) is 0 Å². The molecule has 1 aromatic heterocycles. The second-order valence-electron chi connectivity index (χ2n) is 2.70. The molecule has 2 rings (SSSR count). The Morgan fingerprint density at radius 2 is 1.79 bits per heavy atom. The van der Waals surface area contributed by atoms with Crippen LogP contribution in [0.4, 0.5) is 0 Å². The Bertz CT molecular complexity index is 464. The first kappa shape index (κ1) is 11.6. The monoisotopic (exact) mass is 436 g/mol. The van der Waals surface area contributed by atoms with E-state index in [9.17, 15) is 0 Å². The number of fused-ring (bicyclic) bond motifs is 1. The molecular weight excluding hydrogens is 432 g/mol. The van der Waals surface area contributed by atoms with Crippen molar-refractivity contribution in [1.82, 2.24) is 9.97 Å².